The number of urea groups is 1. The number of carbonyl (C=O) groups excluding carboxylic acids is 2. The van der Waals surface area contributed by atoms with E-state index in [2.05, 4.69) is 16.8 Å². The Labute approximate surface area is 206 Å². The molecule has 1 aliphatic rings. The van der Waals surface area contributed by atoms with Crippen molar-refractivity contribution in [2.75, 3.05) is 11.9 Å². The Bertz CT molecular complexity index is 1560. The van der Waals surface area contributed by atoms with Crippen LogP contribution in [0.4, 0.5) is 19.3 Å². The molecule has 0 unspecified atom stereocenters. The monoisotopic (exact) mass is 484 g/mol. The maximum atomic E-state index is 15.1. The van der Waals surface area contributed by atoms with Crippen molar-refractivity contribution in [3.8, 4) is 11.8 Å². The molecule has 2 aromatic heterocycles. The van der Waals surface area contributed by atoms with E-state index >= 15 is 8.78 Å². The number of benzene rings is 2. The molecule has 1 fully saturated rings. The fraction of sp³-hybridized carbons (Fsp3) is 0.179. The zero-order valence-electron chi connectivity index (χ0n) is 19.9. The van der Waals surface area contributed by atoms with Crippen LogP contribution in [0.25, 0.3) is 11.0 Å². The lowest BCUT2D eigenvalue weighted by atomic mass is 9.85. The van der Waals surface area contributed by atoms with Crippen molar-refractivity contribution in [1.82, 2.24) is 14.5 Å². The van der Waals surface area contributed by atoms with Crippen LogP contribution in [0.5, 0.6) is 0 Å². The summed E-state index contributed by atoms with van der Waals surface area (Å²) in [6.45, 7) is 1.74. The topological polar surface area (TPSA) is 58.4 Å². The first-order chi connectivity index (χ1) is 17.2. The molecule has 0 N–H and O–H groups in total. The lowest BCUT2D eigenvalue weighted by Crippen LogP contribution is -2.60. The van der Waals surface area contributed by atoms with E-state index in [1.54, 1.807) is 37.4 Å². The third-order valence-corrected chi connectivity index (χ3v) is 6.66. The Morgan fingerprint density at radius 2 is 1.61 bits per heavy atom. The van der Waals surface area contributed by atoms with Crippen LogP contribution in [0.3, 0.4) is 0 Å². The second kappa shape index (κ2) is 8.61. The number of nitrogens with zero attached hydrogens (tertiary/aromatic N) is 4. The lowest BCUT2D eigenvalue weighted by molar-refractivity contribution is -0.122. The van der Waals surface area contributed by atoms with E-state index < -0.39 is 34.8 Å². The van der Waals surface area contributed by atoms with Crippen molar-refractivity contribution >= 4 is 28.7 Å². The minimum Gasteiger partial charge on any atom is -0.336 e. The van der Waals surface area contributed by atoms with E-state index in [0.29, 0.717) is 16.0 Å². The molecule has 0 radical (unpaired) electrons. The van der Waals surface area contributed by atoms with Crippen LogP contribution in [0, 0.1) is 23.5 Å². The second-order valence-electron chi connectivity index (χ2n) is 8.99. The summed E-state index contributed by atoms with van der Waals surface area (Å²) >= 11 is 0. The van der Waals surface area contributed by atoms with E-state index in [1.165, 1.54) is 11.9 Å². The van der Waals surface area contributed by atoms with Crippen LogP contribution in [0.2, 0.25) is 0 Å². The first-order valence-electron chi connectivity index (χ1n) is 11.3. The van der Waals surface area contributed by atoms with Gasteiger partial charge in [-0.25, -0.2) is 23.5 Å². The number of carbonyl (C=O) groups is 2. The maximum Gasteiger partial charge on any atom is 0.332 e. The van der Waals surface area contributed by atoms with Crippen molar-refractivity contribution in [3.05, 3.63) is 95.3 Å². The van der Waals surface area contributed by atoms with Gasteiger partial charge >= 0.3 is 6.03 Å². The van der Waals surface area contributed by atoms with Gasteiger partial charge in [-0.3, -0.25) is 4.79 Å². The summed E-state index contributed by atoms with van der Waals surface area (Å²) in [7, 11) is 3.38. The molecule has 3 heterocycles. The minimum absolute atomic E-state index is 0.0925. The predicted molar refractivity (Wildman–Crippen MR) is 132 cm³/mol. The van der Waals surface area contributed by atoms with E-state index in [4.69, 9.17) is 0 Å². The van der Waals surface area contributed by atoms with Gasteiger partial charge in [0.05, 0.1) is 12.0 Å². The highest BCUT2D eigenvalue weighted by Gasteiger charge is 2.48. The Balaban J connectivity index is 1.48. The molecule has 3 amide bonds. The third kappa shape index (κ3) is 3.79. The summed E-state index contributed by atoms with van der Waals surface area (Å²) in [5, 5.41) is 0.858. The quantitative estimate of drug-likeness (QED) is 0.378. The zero-order valence-corrected chi connectivity index (χ0v) is 19.9. The van der Waals surface area contributed by atoms with Gasteiger partial charge in [0, 0.05) is 43.0 Å². The molecule has 4 aromatic rings. The van der Waals surface area contributed by atoms with Gasteiger partial charge in [-0.1, -0.05) is 30.0 Å². The standard InChI is InChI=1S/C28H22F2N4O2/c1-28(21-15-20-11-12-32(2)26(20)31-17-21)16-24(35)34(27(36)33(28)3)25-22(29)13-19(14-23(25)30)10-9-18-7-5-4-6-8-18/h4-8,11-15,17H,16H2,1-3H3/t28-/m0/s1. The molecule has 0 bridgehead atoms. The number of aryl methyl sites for hydroxylation is 1. The molecule has 180 valence electrons. The first-order valence-corrected chi connectivity index (χ1v) is 11.3. The van der Waals surface area contributed by atoms with Gasteiger partial charge in [0.25, 0.3) is 0 Å². The highest BCUT2D eigenvalue weighted by atomic mass is 19.1. The molecule has 8 heteroatoms. The number of halogens is 2. The van der Waals surface area contributed by atoms with E-state index in [-0.39, 0.29) is 12.0 Å². The maximum absolute atomic E-state index is 15.1. The van der Waals surface area contributed by atoms with E-state index in [9.17, 15) is 9.59 Å². The number of imide groups is 1. The van der Waals surface area contributed by atoms with Gasteiger partial charge in [0.1, 0.15) is 11.3 Å². The summed E-state index contributed by atoms with van der Waals surface area (Å²) in [5.41, 5.74) is 0.441. The number of pyridine rings is 1. The van der Waals surface area contributed by atoms with E-state index in [0.717, 1.165) is 23.2 Å². The number of rotatable bonds is 2. The predicted octanol–water partition coefficient (Wildman–Crippen LogP) is 4.96. The van der Waals surface area contributed by atoms with Gasteiger partial charge in [0.15, 0.2) is 11.6 Å². The van der Waals surface area contributed by atoms with Crippen molar-refractivity contribution in [3.63, 3.8) is 0 Å². The molecule has 0 saturated carbocycles. The molecule has 1 saturated heterocycles. The normalized spacial score (nSPS) is 17.9. The second-order valence-corrected chi connectivity index (χ2v) is 8.99. The van der Waals surface area contributed by atoms with Crippen LogP contribution in [0.1, 0.15) is 30.0 Å². The average Bonchev–Trinajstić information content (AvgIpc) is 3.23. The zero-order chi connectivity index (χ0) is 25.6. The largest absolute Gasteiger partial charge is 0.336 e. The molecule has 2 aromatic carbocycles. The smallest absolute Gasteiger partial charge is 0.332 e. The average molecular weight is 485 g/mol. The molecule has 36 heavy (non-hydrogen) atoms. The van der Waals surface area contributed by atoms with Crippen LogP contribution >= 0.6 is 0 Å². The number of hydrogen-bond acceptors (Lipinski definition) is 3. The number of fused-ring (bicyclic) bond motifs is 1. The number of anilines is 1. The summed E-state index contributed by atoms with van der Waals surface area (Å²) in [6, 6.07) is 14.0. The lowest BCUT2D eigenvalue weighted by Gasteiger charge is -2.45. The van der Waals surface area contributed by atoms with Crippen molar-refractivity contribution < 1.29 is 18.4 Å². The van der Waals surface area contributed by atoms with Gasteiger partial charge in [-0.05, 0) is 48.9 Å². The summed E-state index contributed by atoms with van der Waals surface area (Å²) in [5.74, 6) is 2.75. The fourth-order valence-corrected chi connectivity index (χ4v) is 4.44. The van der Waals surface area contributed by atoms with Gasteiger partial charge in [-0.15, -0.1) is 0 Å². The molecular weight excluding hydrogens is 462 g/mol. The fourth-order valence-electron chi connectivity index (χ4n) is 4.44. The number of hydrogen-bond donors (Lipinski definition) is 0. The first kappa shape index (κ1) is 23.2. The van der Waals surface area contributed by atoms with Crippen LogP contribution in [0.15, 0.2) is 67.0 Å². The van der Waals surface area contributed by atoms with Crippen molar-refractivity contribution in [2.45, 2.75) is 18.9 Å². The number of aromatic nitrogens is 2. The van der Waals surface area contributed by atoms with Gasteiger partial charge < -0.3 is 9.47 Å². The summed E-state index contributed by atoms with van der Waals surface area (Å²) in [4.78, 5) is 32.9. The summed E-state index contributed by atoms with van der Waals surface area (Å²) < 4.78 is 32.1. The van der Waals surface area contributed by atoms with Crippen molar-refractivity contribution in [1.29, 1.82) is 0 Å². The molecule has 1 aliphatic heterocycles. The molecule has 6 nitrogen and oxygen atoms in total. The number of amides is 3. The molecular formula is C28H22F2N4O2. The Morgan fingerprint density at radius 1 is 0.944 bits per heavy atom. The SMILES string of the molecule is CN1C(=O)N(c2c(F)cc(C#Cc3ccccc3)cc2F)C(=O)C[C@@]1(C)c1cnc2c(ccn2C)c1. The highest BCUT2D eigenvalue weighted by Crippen LogP contribution is 2.39. The Morgan fingerprint density at radius 3 is 2.31 bits per heavy atom. The summed E-state index contributed by atoms with van der Waals surface area (Å²) in [6.07, 6.45) is 3.31. The van der Waals surface area contributed by atoms with E-state index in [1.807, 2.05) is 36.0 Å². The van der Waals surface area contributed by atoms with Crippen LogP contribution < -0.4 is 4.90 Å². The van der Waals surface area contributed by atoms with Crippen LogP contribution in [-0.2, 0) is 17.4 Å². The third-order valence-electron chi connectivity index (χ3n) is 6.66. The minimum atomic E-state index is -1.05. The molecule has 1 atom stereocenters. The van der Waals surface area contributed by atoms with Crippen LogP contribution in [-0.4, -0.2) is 33.4 Å². The van der Waals surface area contributed by atoms with Gasteiger partial charge in [0.2, 0.25) is 5.91 Å². The highest BCUT2D eigenvalue weighted by molar-refractivity contribution is 6.16. The Hall–Kier alpha value is -4.51. The molecule has 5 rings (SSSR count). The van der Waals surface area contributed by atoms with Crippen molar-refractivity contribution in [2.24, 2.45) is 7.05 Å². The molecule has 0 aliphatic carbocycles. The Kier molecular flexibility index (Phi) is 5.56. The molecule has 0 spiro atoms. The van der Waals surface area contributed by atoms with Gasteiger partial charge in [-0.2, -0.15) is 0 Å².